The Morgan fingerprint density at radius 1 is 0.623 bits per heavy atom. The standard InChI is InChI=1S/C21H22FN3O.C15H18N2O2.C6H6FN/c22-17-8-10-18(11-9-17)23-21(26)15-6-7-16-14-25-12-4-2-1-3-5-20(25)24-19(16)13-15;18-15(19)11-6-7-12-10-17-8-4-2-1-3-5-14(17)16-13(12)9-11;7-5-1-3-6(8)4-2-5/h6-11,13H,1-5,12,14H2,(H,23,26);6-7,9H,1-5,8,10H2,(H,18,19);1-4H,8H2. The van der Waals surface area contributed by atoms with Gasteiger partial charge in [-0.1, -0.05) is 37.8 Å². The minimum atomic E-state index is -0.886. The Morgan fingerprint density at radius 2 is 1.09 bits per heavy atom. The van der Waals surface area contributed by atoms with Crippen LogP contribution in [-0.4, -0.2) is 51.5 Å². The van der Waals surface area contributed by atoms with Gasteiger partial charge in [0.05, 0.1) is 16.9 Å². The van der Waals surface area contributed by atoms with Gasteiger partial charge in [0.2, 0.25) is 0 Å². The van der Waals surface area contributed by atoms with E-state index in [1.807, 2.05) is 24.3 Å². The van der Waals surface area contributed by atoms with Crippen LogP contribution in [0.3, 0.4) is 0 Å². The maximum absolute atomic E-state index is 13.0. The first-order valence-corrected chi connectivity index (χ1v) is 18.4. The SMILES string of the molecule is Nc1ccc(F)cc1.O=C(Nc1ccc(F)cc1)c1ccc2c(c1)N=C1CCCCCCN1C2.O=C(O)c1ccc2c(c1)N=C1CCCCCCN1C2. The van der Waals surface area contributed by atoms with E-state index in [0.29, 0.717) is 22.5 Å². The summed E-state index contributed by atoms with van der Waals surface area (Å²) >= 11 is 0. The van der Waals surface area contributed by atoms with Crippen molar-refractivity contribution in [2.75, 3.05) is 24.1 Å². The molecular weight excluding hydrogens is 674 g/mol. The highest BCUT2D eigenvalue weighted by Crippen LogP contribution is 2.31. The third kappa shape index (κ3) is 10.3. The molecule has 0 radical (unpaired) electrons. The number of nitrogens with one attached hydrogen (secondary N) is 1. The number of hydrogen-bond acceptors (Lipinski definition) is 7. The molecular formula is C42H46F2N6O3. The molecule has 0 atom stereocenters. The fourth-order valence-electron chi connectivity index (χ4n) is 6.81. The van der Waals surface area contributed by atoms with Crippen LogP contribution >= 0.6 is 0 Å². The molecule has 11 heteroatoms. The van der Waals surface area contributed by atoms with Crippen molar-refractivity contribution in [1.82, 2.24) is 9.80 Å². The Hall–Kier alpha value is -5.58. The third-order valence-electron chi connectivity index (χ3n) is 9.76. The van der Waals surface area contributed by atoms with Gasteiger partial charge < -0.3 is 26.0 Å². The number of carbonyl (C=O) groups is 2. The van der Waals surface area contributed by atoms with Crippen LogP contribution in [0.5, 0.6) is 0 Å². The summed E-state index contributed by atoms with van der Waals surface area (Å²) < 4.78 is 25.0. The van der Waals surface area contributed by atoms with Crippen molar-refractivity contribution < 1.29 is 23.5 Å². The zero-order valence-electron chi connectivity index (χ0n) is 29.9. The molecule has 4 aromatic carbocycles. The summed E-state index contributed by atoms with van der Waals surface area (Å²) in [6.45, 7) is 3.87. The summed E-state index contributed by atoms with van der Waals surface area (Å²) in [6, 6.07) is 22.4. The summed E-state index contributed by atoms with van der Waals surface area (Å²) in [6.07, 6.45) is 11.9. The van der Waals surface area contributed by atoms with Gasteiger partial charge in [0, 0.05) is 56.0 Å². The number of amidine groups is 2. The predicted molar refractivity (Wildman–Crippen MR) is 206 cm³/mol. The Morgan fingerprint density at radius 3 is 1.60 bits per heavy atom. The average molecular weight is 721 g/mol. The molecule has 4 heterocycles. The van der Waals surface area contributed by atoms with E-state index in [0.717, 1.165) is 73.2 Å². The maximum Gasteiger partial charge on any atom is 0.335 e. The Bertz CT molecular complexity index is 1940. The molecule has 0 aliphatic carbocycles. The lowest BCUT2D eigenvalue weighted by atomic mass is 10.0. The summed E-state index contributed by atoms with van der Waals surface area (Å²) in [7, 11) is 0. The number of rotatable bonds is 3. The molecule has 53 heavy (non-hydrogen) atoms. The fraction of sp³-hybridized carbons (Fsp3) is 0.333. The van der Waals surface area contributed by atoms with Crippen LogP contribution in [-0.2, 0) is 13.1 Å². The average Bonchev–Trinajstić information content (AvgIpc) is 3.14. The van der Waals surface area contributed by atoms with Crippen molar-refractivity contribution >= 4 is 46.3 Å². The minimum Gasteiger partial charge on any atom is -0.478 e. The lowest BCUT2D eigenvalue weighted by molar-refractivity contribution is 0.0696. The monoisotopic (exact) mass is 720 g/mol. The number of carboxylic acid groups (broad SMARTS) is 1. The van der Waals surface area contributed by atoms with Crippen molar-refractivity contribution in [3.63, 3.8) is 0 Å². The van der Waals surface area contributed by atoms with Crippen molar-refractivity contribution in [1.29, 1.82) is 0 Å². The number of carboxylic acids is 1. The number of fused-ring (bicyclic) bond motifs is 4. The Labute approximate surface area is 309 Å². The van der Waals surface area contributed by atoms with Gasteiger partial charge in [-0.05, 0) is 110 Å². The number of aliphatic imine (C=N–C) groups is 2. The van der Waals surface area contributed by atoms with Crippen molar-refractivity contribution in [2.24, 2.45) is 9.98 Å². The van der Waals surface area contributed by atoms with Crippen molar-refractivity contribution in [2.45, 2.75) is 77.3 Å². The molecule has 8 rings (SSSR count). The maximum atomic E-state index is 13.0. The first-order valence-electron chi connectivity index (χ1n) is 18.4. The molecule has 2 saturated heterocycles. The van der Waals surface area contributed by atoms with Gasteiger partial charge in [-0.25, -0.2) is 23.6 Å². The quantitative estimate of drug-likeness (QED) is 0.181. The number of nitrogens with zero attached hydrogens (tertiary/aromatic N) is 4. The van der Waals surface area contributed by atoms with Crippen LogP contribution in [0.2, 0.25) is 0 Å². The number of anilines is 2. The molecule has 0 aromatic heterocycles. The van der Waals surface area contributed by atoms with E-state index in [1.54, 1.807) is 24.3 Å². The number of nitrogen functional groups attached to an aromatic ring is 1. The van der Waals surface area contributed by atoms with Crippen LogP contribution in [0.1, 0.15) is 96.1 Å². The number of benzene rings is 4. The lowest BCUT2D eigenvalue weighted by Gasteiger charge is -2.32. The molecule has 0 spiro atoms. The zero-order valence-corrected chi connectivity index (χ0v) is 29.9. The van der Waals surface area contributed by atoms with Gasteiger partial charge in [0.1, 0.15) is 23.3 Å². The van der Waals surface area contributed by atoms with Crippen LogP contribution in [0, 0.1) is 11.6 Å². The van der Waals surface area contributed by atoms with Crippen LogP contribution in [0.15, 0.2) is 94.9 Å². The Balaban J connectivity index is 0.000000155. The van der Waals surface area contributed by atoms with Gasteiger partial charge in [-0.3, -0.25) is 4.79 Å². The zero-order chi connectivity index (χ0) is 37.2. The number of carbonyl (C=O) groups excluding carboxylic acids is 1. The first kappa shape index (κ1) is 37.2. The second-order valence-corrected chi connectivity index (χ2v) is 13.7. The molecule has 0 unspecified atom stereocenters. The molecule has 4 N–H and O–H groups in total. The number of hydrogen-bond donors (Lipinski definition) is 3. The van der Waals surface area contributed by atoms with Crippen molar-refractivity contribution in [3.8, 4) is 0 Å². The second-order valence-electron chi connectivity index (χ2n) is 13.7. The van der Waals surface area contributed by atoms with Gasteiger partial charge >= 0.3 is 5.97 Å². The van der Waals surface area contributed by atoms with E-state index in [9.17, 15) is 18.4 Å². The van der Waals surface area contributed by atoms with E-state index < -0.39 is 5.97 Å². The van der Waals surface area contributed by atoms with Gasteiger partial charge in [-0.2, -0.15) is 0 Å². The van der Waals surface area contributed by atoms with Gasteiger partial charge in [-0.15, -0.1) is 0 Å². The molecule has 1 amide bonds. The summed E-state index contributed by atoms with van der Waals surface area (Å²) in [5, 5.41) is 11.8. The Kier molecular flexibility index (Phi) is 12.5. The fourth-order valence-corrected chi connectivity index (χ4v) is 6.81. The van der Waals surface area contributed by atoms with Gasteiger partial charge in [0.15, 0.2) is 0 Å². The highest BCUT2D eigenvalue weighted by molar-refractivity contribution is 6.05. The molecule has 276 valence electrons. The topological polar surface area (TPSA) is 124 Å². The number of nitrogens with two attached hydrogens (primary N) is 1. The third-order valence-corrected chi connectivity index (χ3v) is 9.76. The first-order chi connectivity index (χ1) is 25.7. The predicted octanol–water partition coefficient (Wildman–Crippen LogP) is 9.49. The molecule has 4 aliphatic heterocycles. The molecule has 4 aromatic rings. The molecule has 9 nitrogen and oxygen atoms in total. The lowest BCUT2D eigenvalue weighted by Crippen LogP contribution is -2.34. The van der Waals surface area contributed by atoms with E-state index >= 15 is 0 Å². The van der Waals surface area contributed by atoms with Crippen LogP contribution in [0.25, 0.3) is 0 Å². The van der Waals surface area contributed by atoms with Crippen molar-refractivity contribution in [3.05, 3.63) is 119 Å². The summed E-state index contributed by atoms with van der Waals surface area (Å²) in [5.74, 6) is 0.612. The number of halogens is 2. The van der Waals surface area contributed by atoms with E-state index in [-0.39, 0.29) is 17.5 Å². The summed E-state index contributed by atoms with van der Waals surface area (Å²) in [5.41, 5.74) is 11.3. The largest absolute Gasteiger partial charge is 0.478 e. The minimum absolute atomic E-state index is 0.209. The highest BCUT2D eigenvalue weighted by Gasteiger charge is 2.23. The van der Waals surface area contributed by atoms with E-state index in [2.05, 4.69) is 15.1 Å². The highest BCUT2D eigenvalue weighted by atomic mass is 19.1. The number of amides is 1. The second kappa shape index (κ2) is 17.8. The summed E-state index contributed by atoms with van der Waals surface area (Å²) in [4.78, 5) is 37.8. The molecule has 4 aliphatic rings. The smallest absolute Gasteiger partial charge is 0.335 e. The van der Waals surface area contributed by atoms with Crippen LogP contribution < -0.4 is 11.1 Å². The van der Waals surface area contributed by atoms with Crippen LogP contribution in [0.4, 0.5) is 31.5 Å². The van der Waals surface area contributed by atoms with E-state index in [4.69, 9.17) is 20.8 Å². The molecule has 0 saturated carbocycles. The number of aromatic carboxylic acids is 1. The van der Waals surface area contributed by atoms with E-state index in [1.165, 1.54) is 87.8 Å². The normalized spacial score (nSPS) is 16.3. The van der Waals surface area contributed by atoms with Gasteiger partial charge in [0.25, 0.3) is 5.91 Å². The molecule has 2 fully saturated rings. The molecule has 0 bridgehead atoms.